The second kappa shape index (κ2) is 18.5. The number of allylic oxidation sites excluding steroid dienone is 1. The number of aliphatic imine (C=N–C) groups is 1. The molecule has 13 nitrogen and oxygen atoms in total. The van der Waals surface area contributed by atoms with E-state index in [1.54, 1.807) is 5.01 Å². The Morgan fingerprint density at radius 1 is 0.784 bits per heavy atom. The number of benzene rings is 2. The van der Waals surface area contributed by atoms with Crippen molar-refractivity contribution in [2.24, 2.45) is 15.8 Å². The van der Waals surface area contributed by atoms with Crippen LogP contribution in [0.15, 0.2) is 65.7 Å². The molecule has 278 valence electrons. The van der Waals surface area contributed by atoms with E-state index in [1.807, 2.05) is 102 Å². The maximum Gasteiger partial charge on any atom is 0.407 e. The Bertz CT molecular complexity index is 1530. The van der Waals surface area contributed by atoms with Gasteiger partial charge in [0.1, 0.15) is 12.1 Å². The number of hydrogen-bond donors (Lipinski definition) is 5. The predicted molar refractivity (Wildman–Crippen MR) is 196 cm³/mol. The maximum absolute atomic E-state index is 13.8. The molecule has 0 aromatic heterocycles. The Hall–Kier alpha value is -4.75. The van der Waals surface area contributed by atoms with Crippen LogP contribution in [0, 0.1) is 10.8 Å². The molecule has 4 unspecified atom stereocenters. The number of aliphatic hydroxyl groups excluding tert-OH is 1. The van der Waals surface area contributed by atoms with E-state index in [2.05, 4.69) is 32.4 Å². The van der Waals surface area contributed by atoms with Crippen LogP contribution in [0.5, 0.6) is 0 Å². The number of aliphatic hydroxyl groups is 1. The van der Waals surface area contributed by atoms with Gasteiger partial charge in [0, 0.05) is 19.3 Å². The fourth-order valence-corrected chi connectivity index (χ4v) is 5.55. The third-order valence-electron chi connectivity index (χ3n) is 8.40. The molecule has 3 rings (SSSR count). The molecule has 0 spiro atoms. The summed E-state index contributed by atoms with van der Waals surface area (Å²) in [6.45, 7) is 10.9. The SMILES string of the molecule is COC(=O)NC(C(=O)NC(Cc1ccccc1)C(O)CN(Cc1ccc(C2=CCCC=N2)cc1)NC(=O)C(NC(=O)OC)C(C)(C)C)C(C)(C)C. The van der Waals surface area contributed by atoms with Crippen LogP contribution in [-0.2, 0) is 32.0 Å². The lowest BCUT2D eigenvalue weighted by Gasteiger charge is -2.35. The van der Waals surface area contributed by atoms with E-state index >= 15 is 0 Å². The Kier molecular flexibility index (Phi) is 14.7. The standard InChI is InChI=1S/C38H54N6O7/c1-37(2,3)31(41-35(48)50-7)33(46)40-29(22-25-14-10-9-11-15-25)30(45)24-44(43-34(47)32(38(4,5)6)42-36(49)51-8)23-26-17-19-27(20-18-26)28-16-12-13-21-39-28/h9-11,14-21,29-32,45H,12-13,22-24H2,1-8H3,(H,40,46)(H,41,48)(H,42,49)(H,43,47). The number of rotatable bonds is 14. The average Bonchev–Trinajstić information content (AvgIpc) is 3.08. The van der Waals surface area contributed by atoms with Crippen molar-refractivity contribution in [2.45, 2.75) is 91.6 Å². The summed E-state index contributed by atoms with van der Waals surface area (Å²) in [6.07, 6.45) is 3.34. The van der Waals surface area contributed by atoms with Crippen molar-refractivity contribution >= 4 is 35.9 Å². The van der Waals surface area contributed by atoms with E-state index in [0.29, 0.717) is 0 Å². The Labute approximate surface area is 301 Å². The highest BCUT2D eigenvalue weighted by atomic mass is 16.5. The second-order valence-electron chi connectivity index (χ2n) is 14.8. The fourth-order valence-electron chi connectivity index (χ4n) is 5.55. The molecule has 5 N–H and O–H groups in total. The largest absolute Gasteiger partial charge is 0.453 e. The van der Waals surface area contributed by atoms with E-state index in [4.69, 9.17) is 9.47 Å². The summed E-state index contributed by atoms with van der Waals surface area (Å²) in [5.41, 5.74) is 5.06. The third-order valence-corrected chi connectivity index (χ3v) is 8.40. The van der Waals surface area contributed by atoms with E-state index in [9.17, 15) is 24.3 Å². The molecule has 4 atom stereocenters. The summed E-state index contributed by atoms with van der Waals surface area (Å²) in [4.78, 5) is 56.4. The second-order valence-corrected chi connectivity index (χ2v) is 14.8. The smallest absolute Gasteiger partial charge is 0.407 e. The van der Waals surface area contributed by atoms with E-state index in [1.165, 1.54) is 14.2 Å². The van der Waals surface area contributed by atoms with Crippen LogP contribution in [0.25, 0.3) is 5.70 Å². The minimum absolute atomic E-state index is 0.111. The Morgan fingerprint density at radius 2 is 1.35 bits per heavy atom. The first-order valence-electron chi connectivity index (χ1n) is 17.1. The summed E-state index contributed by atoms with van der Waals surface area (Å²) in [7, 11) is 2.44. The lowest BCUT2D eigenvalue weighted by atomic mass is 9.85. The number of alkyl carbamates (subject to hydrolysis) is 2. The summed E-state index contributed by atoms with van der Waals surface area (Å²) in [6, 6.07) is 14.3. The molecule has 1 heterocycles. The van der Waals surface area contributed by atoms with Crippen molar-refractivity contribution in [3.63, 3.8) is 0 Å². The number of methoxy groups -OCH3 is 2. The molecule has 13 heteroatoms. The number of ether oxygens (including phenoxy) is 2. The predicted octanol–water partition coefficient (Wildman–Crippen LogP) is 4.36. The molecule has 0 aliphatic carbocycles. The van der Waals surface area contributed by atoms with Crippen molar-refractivity contribution in [1.82, 2.24) is 26.4 Å². The van der Waals surface area contributed by atoms with Gasteiger partial charge < -0.3 is 30.5 Å². The molecule has 51 heavy (non-hydrogen) atoms. The van der Waals surface area contributed by atoms with Crippen LogP contribution in [-0.4, -0.2) is 85.3 Å². The molecule has 0 saturated carbocycles. The van der Waals surface area contributed by atoms with Gasteiger partial charge in [-0.3, -0.25) is 20.0 Å². The monoisotopic (exact) mass is 706 g/mol. The van der Waals surface area contributed by atoms with Crippen molar-refractivity contribution in [3.05, 3.63) is 77.4 Å². The molecular formula is C38H54N6O7. The van der Waals surface area contributed by atoms with Gasteiger partial charge in [-0.1, -0.05) is 102 Å². The Morgan fingerprint density at radius 3 is 1.86 bits per heavy atom. The zero-order valence-electron chi connectivity index (χ0n) is 31.0. The molecule has 2 aromatic rings. The van der Waals surface area contributed by atoms with E-state index in [0.717, 1.165) is 35.2 Å². The number of nitrogens with zero attached hydrogens (tertiary/aromatic N) is 2. The van der Waals surface area contributed by atoms with Gasteiger partial charge in [-0.2, -0.15) is 0 Å². The average molecular weight is 707 g/mol. The van der Waals surface area contributed by atoms with Crippen molar-refractivity contribution < 1.29 is 33.8 Å². The topological polar surface area (TPSA) is 171 Å². The van der Waals surface area contributed by atoms with Gasteiger partial charge in [0.2, 0.25) is 5.91 Å². The summed E-state index contributed by atoms with van der Waals surface area (Å²) < 4.78 is 9.55. The lowest BCUT2D eigenvalue weighted by molar-refractivity contribution is -0.132. The number of hydrazine groups is 1. The fraction of sp³-hybridized carbons (Fsp3) is 0.500. The minimum Gasteiger partial charge on any atom is -0.453 e. The minimum atomic E-state index is -1.21. The number of amides is 4. The molecular weight excluding hydrogens is 652 g/mol. The van der Waals surface area contributed by atoms with Gasteiger partial charge >= 0.3 is 12.2 Å². The quantitative estimate of drug-likeness (QED) is 0.181. The first-order chi connectivity index (χ1) is 24.0. The van der Waals surface area contributed by atoms with Gasteiger partial charge in [-0.15, -0.1) is 0 Å². The van der Waals surface area contributed by atoms with Gasteiger partial charge in [0.05, 0.1) is 32.1 Å². The molecule has 0 bridgehead atoms. The van der Waals surface area contributed by atoms with E-state index in [-0.39, 0.29) is 19.5 Å². The number of carbonyl (C=O) groups excluding carboxylic acids is 4. The maximum atomic E-state index is 13.8. The molecule has 0 radical (unpaired) electrons. The third kappa shape index (κ3) is 12.8. The normalized spacial score (nSPS) is 15.5. The van der Waals surface area contributed by atoms with Crippen LogP contribution in [0.4, 0.5) is 9.59 Å². The molecule has 0 fully saturated rings. The zero-order chi connectivity index (χ0) is 37.8. The van der Waals surface area contributed by atoms with Gasteiger partial charge in [-0.05, 0) is 46.8 Å². The molecule has 2 aromatic carbocycles. The molecule has 1 aliphatic rings. The van der Waals surface area contributed by atoms with E-state index < -0.39 is 59.1 Å². The van der Waals surface area contributed by atoms with Gasteiger partial charge in [0.25, 0.3) is 5.91 Å². The number of nitrogens with one attached hydrogen (secondary N) is 4. The highest BCUT2D eigenvalue weighted by molar-refractivity contribution is 5.87. The summed E-state index contributed by atoms with van der Waals surface area (Å²) in [5, 5.41) is 21.6. The zero-order valence-corrected chi connectivity index (χ0v) is 31.0. The van der Waals surface area contributed by atoms with Crippen LogP contribution >= 0.6 is 0 Å². The number of hydrogen-bond acceptors (Lipinski definition) is 9. The van der Waals surface area contributed by atoms with Gasteiger partial charge in [0.15, 0.2) is 0 Å². The molecule has 4 amide bonds. The van der Waals surface area contributed by atoms with Crippen molar-refractivity contribution in [2.75, 3.05) is 20.8 Å². The molecule has 1 aliphatic heterocycles. The summed E-state index contributed by atoms with van der Waals surface area (Å²) >= 11 is 0. The first-order valence-corrected chi connectivity index (χ1v) is 17.1. The van der Waals surface area contributed by atoms with Crippen molar-refractivity contribution in [3.8, 4) is 0 Å². The van der Waals surface area contributed by atoms with Crippen LogP contribution in [0.1, 0.15) is 71.1 Å². The van der Waals surface area contributed by atoms with Crippen LogP contribution in [0.2, 0.25) is 0 Å². The number of carbonyl (C=O) groups is 4. The van der Waals surface area contributed by atoms with Crippen LogP contribution < -0.4 is 21.4 Å². The van der Waals surface area contributed by atoms with Crippen LogP contribution in [0.3, 0.4) is 0 Å². The molecule has 0 saturated heterocycles. The first kappa shape index (κ1) is 40.7. The summed E-state index contributed by atoms with van der Waals surface area (Å²) in [5.74, 6) is -1.02. The lowest BCUT2D eigenvalue weighted by Crippen LogP contribution is -2.60. The van der Waals surface area contributed by atoms with Crippen molar-refractivity contribution in [1.29, 1.82) is 0 Å². The van der Waals surface area contributed by atoms with Gasteiger partial charge in [-0.25, -0.2) is 14.6 Å². The Balaban J connectivity index is 1.95. The highest BCUT2D eigenvalue weighted by Gasteiger charge is 2.37. The highest BCUT2D eigenvalue weighted by Crippen LogP contribution is 2.23.